The molecule has 0 atom stereocenters. The van der Waals surface area contributed by atoms with Crippen molar-refractivity contribution in [1.29, 1.82) is 0 Å². The van der Waals surface area contributed by atoms with Crippen molar-refractivity contribution in [2.45, 2.75) is 90.9 Å². The number of carbonyl (C=O) groups is 2. The molecule has 0 amide bonds. The summed E-state index contributed by atoms with van der Waals surface area (Å²) in [5.74, 6) is -0.944. The van der Waals surface area contributed by atoms with E-state index in [1.807, 2.05) is 0 Å². The van der Waals surface area contributed by atoms with Gasteiger partial charge < -0.3 is 25.6 Å². The topological polar surface area (TPSA) is 130 Å². The van der Waals surface area contributed by atoms with E-state index in [1.54, 1.807) is 0 Å². The standard InChI is InChI=1S/C20H36O4.Na.H3O4P.H/c1-3-5-7-9-11-13-17-23-19(21)15-16-20(22)24-18-14-12-10-8-6-4-2;;1-5(2,3)4;/h15-16H,3-14,17-18H2,1-2H3;;(H3,1,2,3,4);/q;+1;;-1/b16-15-;;;. The van der Waals surface area contributed by atoms with E-state index in [0.29, 0.717) is 13.2 Å². The van der Waals surface area contributed by atoms with Gasteiger partial charge in [-0.3, -0.25) is 0 Å². The van der Waals surface area contributed by atoms with Crippen LogP contribution in [0.2, 0.25) is 0 Å². The van der Waals surface area contributed by atoms with Gasteiger partial charge in [0.1, 0.15) is 0 Å². The van der Waals surface area contributed by atoms with Gasteiger partial charge in [-0.15, -0.1) is 0 Å². The molecule has 0 spiro atoms. The minimum Gasteiger partial charge on any atom is -1.00 e. The van der Waals surface area contributed by atoms with E-state index >= 15 is 0 Å². The summed E-state index contributed by atoms with van der Waals surface area (Å²) >= 11 is 0. The van der Waals surface area contributed by atoms with Gasteiger partial charge in [0.15, 0.2) is 0 Å². The number of rotatable bonds is 16. The second-order valence-electron chi connectivity index (χ2n) is 6.72. The van der Waals surface area contributed by atoms with Crippen molar-refractivity contribution in [3.05, 3.63) is 12.2 Å². The smallest absolute Gasteiger partial charge is 1.00 e. The number of phosphoric acid groups is 1. The fourth-order valence-electron chi connectivity index (χ4n) is 2.34. The minimum absolute atomic E-state index is 0. The predicted octanol–water partition coefficient (Wildman–Crippen LogP) is 1.54. The molecule has 174 valence electrons. The Morgan fingerprint density at radius 2 is 0.967 bits per heavy atom. The van der Waals surface area contributed by atoms with Crippen LogP contribution < -0.4 is 29.6 Å². The second-order valence-corrected chi connectivity index (χ2v) is 7.74. The number of esters is 2. The third-order valence-electron chi connectivity index (χ3n) is 3.84. The third-order valence-corrected chi connectivity index (χ3v) is 3.84. The minimum atomic E-state index is -4.64. The summed E-state index contributed by atoms with van der Waals surface area (Å²) in [7, 11) is -4.64. The molecule has 0 aliphatic heterocycles. The van der Waals surface area contributed by atoms with Crippen molar-refractivity contribution < 1.29 is 69.3 Å². The molecule has 8 nitrogen and oxygen atoms in total. The van der Waals surface area contributed by atoms with Crippen LogP contribution in [0.1, 0.15) is 92.3 Å². The Balaban J connectivity index is -0.000000464. The molecule has 3 N–H and O–H groups in total. The molecule has 0 radical (unpaired) electrons. The zero-order chi connectivity index (χ0) is 22.4. The Morgan fingerprint density at radius 1 is 0.700 bits per heavy atom. The number of ether oxygens (including phenoxy) is 2. The number of hydrogen-bond acceptors (Lipinski definition) is 5. The van der Waals surface area contributed by atoms with Crippen molar-refractivity contribution in [3.63, 3.8) is 0 Å². The first-order chi connectivity index (χ1) is 13.7. The molecule has 0 saturated carbocycles. The number of hydrogen-bond donors (Lipinski definition) is 3. The van der Waals surface area contributed by atoms with Crippen molar-refractivity contribution in [3.8, 4) is 0 Å². The number of unbranched alkanes of at least 4 members (excludes halogenated alkanes) is 10. The van der Waals surface area contributed by atoms with Gasteiger partial charge in [0, 0.05) is 12.2 Å². The summed E-state index contributed by atoms with van der Waals surface area (Å²) in [5.41, 5.74) is 0. The molecule has 30 heavy (non-hydrogen) atoms. The molecule has 0 aromatic heterocycles. The molecule has 0 aromatic carbocycles. The van der Waals surface area contributed by atoms with Gasteiger partial charge in [0.05, 0.1) is 13.2 Å². The molecule has 0 saturated heterocycles. The summed E-state index contributed by atoms with van der Waals surface area (Å²) in [6, 6.07) is 0. The molecule has 0 unspecified atom stereocenters. The maximum atomic E-state index is 11.4. The zero-order valence-corrected chi connectivity index (χ0v) is 21.8. The fraction of sp³-hybridized carbons (Fsp3) is 0.800. The van der Waals surface area contributed by atoms with Crippen LogP contribution in [0.25, 0.3) is 0 Å². The van der Waals surface area contributed by atoms with Crippen LogP contribution in [-0.2, 0) is 23.6 Å². The molecule has 0 fully saturated rings. The van der Waals surface area contributed by atoms with Gasteiger partial charge in [-0.25, -0.2) is 14.2 Å². The molecular weight excluding hydrogens is 422 g/mol. The summed E-state index contributed by atoms with van der Waals surface area (Å²) in [6.45, 7) is 5.21. The Bertz CT molecular complexity index is 446. The molecule has 0 bridgehead atoms. The van der Waals surface area contributed by atoms with E-state index in [2.05, 4.69) is 13.8 Å². The zero-order valence-electron chi connectivity index (χ0n) is 19.9. The summed E-state index contributed by atoms with van der Waals surface area (Å²) in [4.78, 5) is 44.4. The van der Waals surface area contributed by atoms with Gasteiger partial charge in [0.2, 0.25) is 0 Å². The van der Waals surface area contributed by atoms with E-state index in [-0.39, 0.29) is 31.0 Å². The molecule has 10 heteroatoms. The van der Waals surface area contributed by atoms with E-state index in [1.165, 1.54) is 51.4 Å². The summed E-state index contributed by atoms with van der Waals surface area (Å²) < 4.78 is 19.0. The van der Waals surface area contributed by atoms with Crippen LogP contribution in [-0.4, -0.2) is 39.8 Å². The van der Waals surface area contributed by atoms with Crippen LogP contribution in [0.15, 0.2) is 12.2 Å². The van der Waals surface area contributed by atoms with Crippen LogP contribution in [0.5, 0.6) is 0 Å². The molecule has 0 aromatic rings. The normalized spacial score (nSPS) is 10.7. The van der Waals surface area contributed by atoms with Crippen LogP contribution in [0.4, 0.5) is 0 Å². The van der Waals surface area contributed by atoms with Crippen LogP contribution in [0, 0.1) is 0 Å². The van der Waals surface area contributed by atoms with Gasteiger partial charge in [-0.2, -0.15) is 0 Å². The first-order valence-electron chi connectivity index (χ1n) is 10.5. The van der Waals surface area contributed by atoms with Crippen molar-refractivity contribution in [1.82, 2.24) is 0 Å². The average molecular weight is 462 g/mol. The van der Waals surface area contributed by atoms with Gasteiger partial charge >= 0.3 is 49.3 Å². The van der Waals surface area contributed by atoms with Gasteiger partial charge in [-0.05, 0) is 12.8 Å². The Kier molecular flexibility index (Phi) is 28.7. The Morgan fingerprint density at radius 3 is 1.27 bits per heavy atom. The van der Waals surface area contributed by atoms with E-state index in [0.717, 1.165) is 37.8 Å². The quantitative estimate of drug-likeness (QED) is 0.104. The van der Waals surface area contributed by atoms with Gasteiger partial charge in [0.25, 0.3) is 0 Å². The maximum Gasteiger partial charge on any atom is 1.00 e. The monoisotopic (exact) mass is 462 g/mol. The van der Waals surface area contributed by atoms with Crippen LogP contribution in [0.3, 0.4) is 0 Å². The molecular formula is C20H40NaO8P. The molecule has 0 rings (SSSR count). The fourth-order valence-corrected chi connectivity index (χ4v) is 2.34. The predicted molar refractivity (Wildman–Crippen MR) is 113 cm³/mol. The van der Waals surface area contributed by atoms with E-state index in [9.17, 15) is 9.59 Å². The third kappa shape index (κ3) is 38.4. The van der Waals surface area contributed by atoms with Crippen molar-refractivity contribution in [2.75, 3.05) is 13.2 Å². The van der Waals surface area contributed by atoms with Crippen molar-refractivity contribution in [2.24, 2.45) is 0 Å². The first kappa shape index (κ1) is 34.4. The average Bonchev–Trinajstić information content (AvgIpc) is 2.63. The number of carbonyl (C=O) groups excluding carboxylic acids is 2. The summed E-state index contributed by atoms with van der Waals surface area (Å²) in [5, 5.41) is 0. The summed E-state index contributed by atoms with van der Waals surface area (Å²) in [6.07, 6.45) is 16.1. The largest absolute Gasteiger partial charge is 1.00 e. The molecule has 0 heterocycles. The SMILES string of the molecule is CCCCCCCCOC(=O)/C=C\C(=O)OCCCCCCCC.O=P(O)(O)O.[H-].[Na+]. The van der Waals surface area contributed by atoms with Crippen LogP contribution >= 0.6 is 7.82 Å². The molecule has 0 aliphatic rings. The second kappa shape index (κ2) is 25.1. The Hall–Kier alpha value is -0.210. The van der Waals surface area contributed by atoms with Crippen molar-refractivity contribution >= 4 is 19.8 Å². The first-order valence-corrected chi connectivity index (χ1v) is 12.1. The van der Waals surface area contributed by atoms with Gasteiger partial charge in [-0.1, -0.05) is 78.1 Å². The van der Waals surface area contributed by atoms with E-state index in [4.69, 9.17) is 28.7 Å². The molecule has 0 aliphatic carbocycles. The Labute approximate surface area is 204 Å². The maximum absolute atomic E-state index is 11.4. The van der Waals surface area contributed by atoms with E-state index < -0.39 is 19.8 Å².